The number of imidazole rings is 1. The van der Waals surface area contributed by atoms with Gasteiger partial charge in [0.05, 0.1) is 30.0 Å². The van der Waals surface area contributed by atoms with Crippen LogP contribution in [0.15, 0.2) is 66.0 Å². The number of esters is 1. The van der Waals surface area contributed by atoms with Gasteiger partial charge in [0.1, 0.15) is 11.3 Å². The van der Waals surface area contributed by atoms with Crippen LogP contribution in [0, 0.1) is 6.92 Å². The molecule has 0 aliphatic carbocycles. The van der Waals surface area contributed by atoms with Crippen LogP contribution >= 0.6 is 0 Å². The van der Waals surface area contributed by atoms with Gasteiger partial charge in [-0.3, -0.25) is 9.78 Å². The number of nitrogens with zero attached hydrogens (tertiary/aromatic N) is 4. The van der Waals surface area contributed by atoms with E-state index in [4.69, 9.17) is 4.74 Å². The number of carbonyl (C=O) groups is 2. The third-order valence-corrected chi connectivity index (χ3v) is 8.24. The number of aromatic nitrogens is 4. The summed E-state index contributed by atoms with van der Waals surface area (Å²) in [4.78, 5) is 37.9. The quantitative estimate of drug-likeness (QED) is 0.251. The Morgan fingerprint density at radius 1 is 1.08 bits per heavy atom. The number of hydrogen-bond acceptors (Lipinski definition) is 7. The van der Waals surface area contributed by atoms with Crippen molar-refractivity contribution in [1.29, 1.82) is 0 Å². The molecule has 38 heavy (non-hydrogen) atoms. The number of sulfonamides is 1. The molecule has 3 aromatic heterocycles. The van der Waals surface area contributed by atoms with Crippen LogP contribution in [0.1, 0.15) is 37.7 Å². The van der Waals surface area contributed by atoms with Gasteiger partial charge in [-0.15, -0.1) is 0 Å². The molecule has 0 fully saturated rings. The molecule has 11 heteroatoms. The Bertz CT molecular complexity index is 1820. The Morgan fingerprint density at radius 2 is 1.82 bits per heavy atom. The van der Waals surface area contributed by atoms with Crippen molar-refractivity contribution in [3.63, 3.8) is 0 Å². The molecule has 0 saturated carbocycles. The van der Waals surface area contributed by atoms with E-state index in [2.05, 4.69) is 19.5 Å². The summed E-state index contributed by atoms with van der Waals surface area (Å²) >= 11 is 0. The molecule has 1 N–H and O–H groups in total. The molecule has 5 aromatic rings. The van der Waals surface area contributed by atoms with E-state index in [0.717, 1.165) is 26.7 Å². The van der Waals surface area contributed by atoms with E-state index in [1.807, 2.05) is 25.1 Å². The van der Waals surface area contributed by atoms with Crippen molar-refractivity contribution in [3.8, 4) is 0 Å². The molecule has 5 rings (SSSR count). The summed E-state index contributed by atoms with van der Waals surface area (Å²) in [6.07, 6.45) is 3.43. The summed E-state index contributed by atoms with van der Waals surface area (Å²) in [5.41, 5.74) is 3.28. The van der Waals surface area contributed by atoms with Crippen LogP contribution in [0.3, 0.4) is 0 Å². The van der Waals surface area contributed by atoms with E-state index in [0.29, 0.717) is 12.1 Å². The Balaban J connectivity index is 1.60. The molecule has 0 spiro atoms. The van der Waals surface area contributed by atoms with Crippen molar-refractivity contribution < 1.29 is 22.7 Å². The highest BCUT2D eigenvalue weighted by molar-refractivity contribution is 7.89. The highest BCUT2D eigenvalue weighted by atomic mass is 32.2. The maximum atomic E-state index is 13.9. The smallest absolute Gasteiger partial charge is 0.338 e. The number of ketones is 1. The number of H-pyrrole nitrogens is 1. The fourth-order valence-electron chi connectivity index (χ4n) is 4.49. The molecule has 3 heterocycles. The van der Waals surface area contributed by atoms with Crippen molar-refractivity contribution in [1.82, 2.24) is 23.8 Å². The van der Waals surface area contributed by atoms with E-state index < -0.39 is 21.8 Å². The molecule has 0 aliphatic heterocycles. The Kier molecular flexibility index (Phi) is 6.33. The van der Waals surface area contributed by atoms with Crippen molar-refractivity contribution in [2.24, 2.45) is 0 Å². The maximum Gasteiger partial charge on any atom is 0.338 e. The van der Waals surface area contributed by atoms with Gasteiger partial charge >= 0.3 is 5.97 Å². The lowest BCUT2D eigenvalue weighted by atomic mass is 9.98. The molecular weight excluding hydrogens is 506 g/mol. The number of aryl methyl sites for hydroxylation is 1. The lowest BCUT2D eigenvalue weighted by Gasteiger charge is -2.12. The van der Waals surface area contributed by atoms with Gasteiger partial charge in [0.2, 0.25) is 0 Å². The second-order valence-corrected chi connectivity index (χ2v) is 11.1. The van der Waals surface area contributed by atoms with E-state index in [1.165, 1.54) is 27.3 Å². The van der Waals surface area contributed by atoms with Gasteiger partial charge in [0.25, 0.3) is 10.0 Å². The molecule has 2 aromatic carbocycles. The Hall–Kier alpha value is -4.35. The number of rotatable bonds is 7. The van der Waals surface area contributed by atoms with Crippen molar-refractivity contribution in [2.45, 2.75) is 18.5 Å². The van der Waals surface area contributed by atoms with Crippen molar-refractivity contribution in [2.75, 3.05) is 21.2 Å². The van der Waals surface area contributed by atoms with Crippen LogP contribution < -0.4 is 0 Å². The summed E-state index contributed by atoms with van der Waals surface area (Å²) in [6.45, 7) is 2.45. The first-order chi connectivity index (χ1) is 18.1. The molecule has 194 valence electrons. The van der Waals surface area contributed by atoms with Crippen LogP contribution in [0.2, 0.25) is 0 Å². The van der Waals surface area contributed by atoms with E-state index >= 15 is 0 Å². The maximum absolute atomic E-state index is 13.9. The summed E-state index contributed by atoms with van der Waals surface area (Å²) in [5, 5.41) is -0.0833. The monoisotopic (exact) mass is 531 g/mol. The predicted octanol–water partition coefficient (Wildman–Crippen LogP) is 3.54. The molecule has 0 radical (unpaired) electrons. The first-order valence-electron chi connectivity index (χ1n) is 11.7. The number of carbonyl (C=O) groups excluding carboxylic acids is 2. The SMILES string of the molecule is COC(=O)c1cccc2[nH]c(S(=O)(=O)N(C)C)c(C(=O)c3ccc(Cn4c(C)nc5cnccc54)cc3)c12. The Labute approximate surface area is 218 Å². The van der Waals surface area contributed by atoms with E-state index in [1.54, 1.807) is 36.7 Å². The van der Waals surface area contributed by atoms with Crippen molar-refractivity contribution in [3.05, 3.63) is 89.0 Å². The molecular formula is C27H25N5O5S. The van der Waals surface area contributed by atoms with Crippen LogP contribution in [-0.4, -0.2) is 65.2 Å². The molecule has 10 nitrogen and oxygen atoms in total. The van der Waals surface area contributed by atoms with Crippen LogP contribution in [0.4, 0.5) is 0 Å². The number of hydrogen-bond donors (Lipinski definition) is 1. The first kappa shape index (κ1) is 25.3. The minimum absolute atomic E-state index is 0.0957. The zero-order valence-electron chi connectivity index (χ0n) is 21.2. The lowest BCUT2D eigenvalue weighted by Crippen LogP contribution is -2.24. The fraction of sp³-hybridized carbons (Fsp3) is 0.185. The average Bonchev–Trinajstić information content (AvgIpc) is 3.46. The summed E-state index contributed by atoms with van der Waals surface area (Å²) in [6, 6.07) is 13.5. The molecule has 0 unspecified atom stereocenters. The predicted molar refractivity (Wildman–Crippen MR) is 142 cm³/mol. The average molecular weight is 532 g/mol. The second-order valence-electron chi connectivity index (χ2n) is 8.97. The zero-order valence-corrected chi connectivity index (χ0v) is 22.0. The van der Waals surface area contributed by atoms with Gasteiger partial charge in [-0.25, -0.2) is 22.5 Å². The number of ether oxygens (including phenoxy) is 1. The first-order valence-corrected chi connectivity index (χ1v) is 13.1. The minimum atomic E-state index is -4.05. The fourth-order valence-corrected chi connectivity index (χ4v) is 5.54. The normalized spacial score (nSPS) is 11.9. The van der Waals surface area contributed by atoms with Gasteiger partial charge in [-0.2, -0.15) is 0 Å². The largest absolute Gasteiger partial charge is 0.465 e. The molecule has 0 atom stereocenters. The lowest BCUT2D eigenvalue weighted by molar-refractivity contribution is 0.0603. The highest BCUT2D eigenvalue weighted by Crippen LogP contribution is 2.32. The number of methoxy groups -OCH3 is 1. The minimum Gasteiger partial charge on any atom is -0.465 e. The van der Waals surface area contributed by atoms with Crippen LogP contribution in [0.25, 0.3) is 21.9 Å². The van der Waals surface area contributed by atoms with Gasteiger partial charge in [0.15, 0.2) is 10.8 Å². The topological polar surface area (TPSA) is 127 Å². The summed E-state index contributed by atoms with van der Waals surface area (Å²) in [7, 11) is -0.0649. The molecule has 0 bridgehead atoms. The van der Waals surface area contributed by atoms with Crippen LogP contribution in [0.5, 0.6) is 0 Å². The van der Waals surface area contributed by atoms with E-state index in [-0.39, 0.29) is 27.1 Å². The third-order valence-electron chi connectivity index (χ3n) is 6.46. The molecule has 0 saturated heterocycles. The number of fused-ring (bicyclic) bond motifs is 2. The molecule has 0 amide bonds. The highest BCUT2D eigenvalue weighted by Gasteiger charge is 2.32. The zero-order chi connectivity index (χ0) is 27.2. The van der Waals surface area contributed by atoms with Gasteiger partial charge in [-0.1, -0.05) is 30.3 Å². The van der Waals surface area contributed by atoms with Crippen LogP contribution in [-0.2, 0) is 21.3 Å². The van der Waals surface area contributed by atoms with Gasteiger partial charge in [-0.05, 0) is 30.7 Å². The molecule has 0 aliphatic rings. The number of benzene rings is 2. The van der Waals surface area contributed by atoms with Gasteiger partial charge in [0, 0.05) is 43.3 Å². The van der Waals surface area contributed by atoms with Crippen molar-refractivity contribution >= 4 is 43.7 Å². The van der Waals surface area contributed by atoms with E-state index in [9.17, 15) is 18.0 Å². The number of nitrogens with one attached hydrogen (secondary N) is 1. The Morgan fingerprint density at radius 3 is 2.50 bits per heavy atom. The summed E-state index contributed by atoms with van der Waals surface area (Å²) in [5.74, 6) is -0.373. The standard InChI is InChI=1S/C27H25N5O5S/c1-16-29-21-14-28-13-12-22(21)32(16)15-17-8-10-18(11-9-17)25(33)24-23-19(27(34)37-4)6-5-7-20(23)30-26(24)38(35,36)31(2)3/h5-14,30H,15H2,1-4H3. The second kappa shape index (κ2) is 9.51. The third kappa shape index (κ3) is 4.15. The summed E-state index contributed by atoms with van der Waals surface area (Å²) < 4.78 is 34.4. The van der Waals surface area contributed by atoms with Gasteiger partial charge < -0.3 is 14.3 Å². The number of pyridine rings is 1. The number of aromatic amines is 1.